The summed E-state index contributed by atoms with van der Waals surface area (Å²) in [5.74, 6) is 1.18. The summed E-state index contributed by atoms with van der Waals surface area (Å²) in [5, 5.41) is 5.22. The van der Waals surface area contributed by atoms with Gasteiger partial charge in [-0.25, -0.2) is 4.98 Å². The number of benzene rings is 2. The summed E-state index contributed by atoms with van der Waals surface area (Å²) in [4.78, 5) is 4.43. The van der Waals surface area contributed by atoms with Crippen LogP contribution in [0.1, 0.15) is 5.56 Å². The molecule has 27 heavy (non-hydrogen) atoms. The Balaban J connectivity index is 0.00000261. The first kappa shape index (κ1) is 21.0. The average molecular weight is 460 g/mol. The Morgan fingerprint density at radius 1 is 1.00 bits per heavy atom. The zero-order chi connectivity index (χ0) is 18.7. The fraction of sp³-hybridized carbons (Fsp3) is 0.167. The van der Waals surface area contributed by atoms with Crippen molar-refractivity contribution in [2.24, 2.45) is 0 Å². The van der Waals surface area contributed by atoms with Gasteiger partial charge < -0.3 is 31.8 Å². The van der Waals surface area contributed by atoms with Crippen LogP contribution in [0.5, 0.6) is 11.5 Å². The number of nitrogens with one attached hydrogen (secondary N) is 1. The topological polar surface area (TPSA) is 43.4 Å². The highest BCUT2D eigenvalue weighted by molar-refractivity contribution is 7.14. The number of nitrogens with zero attached hydrogens (tertiary/aromatic N) is 1. The Bertz CT molecular complexity index is 916. The van der Waals surface area contributed by atoms with E-state index in [4.69, 9.17) is 9.47 Å². The molecule has 0 unspecified atom stereocenters. The highest BCUT2D eigenvalue weighted by atomic mass is 79.9. The molecule has 9 heteroatoms. The van der Waals surface area contributed by atoms with Gasteiger partial charge in [-0.05, 0) is 36.4 Å². The quantitative estimate of drug-likeness (QED) is 0.636. The predicted molar refractivity (Wildman–Crippen MR) is 95.4 cm³/mol. The normalized spacial score (nSPS) is 10.9. The third-order valence-corrected chi connectivity index (χ3v) is 4.38. The molecule has 0 aliphatic heterocycles. The molecule has 0 atom stereocenters. The fourth-order valence-corrected chi connectivity index (χ4v) is 3.10. The summed E-state index contributed by atoms with van der Waals surface area (Å²) in [5.41, 5.74) is 1.12. The van der Waals surface area contributed by atoms with E-state index in [0.717, 1.165) is 17.7 Å². The summed E-state index contributed by atoms with van der Waals surface area (Å²) in [6.07, 6.45) is -4.38. The molecule has 4 nitrogen and oxygen atoms in total. The predicted octanol–water partition coefficient (Wildman–Crippen LogP) is 2.59. The summed E-state index contributed by atoms with van der Waals surface area (Å²) in [6.45, 7) is 0. The van der Waals surface area contributed by atoms with E-state index in [0.29, 0.717) is 28.0 Å². The van der Waals surface area contributed by atoms with E-state index in [-0.39, 0.29) is 17.0 Å². The molecule has 0 saturated carbocycles. The molecule has 0 fully saturated rings. The van der Waals surface area contributed by atoms with Crippen molar-refractivity contribution < 1.29 is 39.6 Å². The SMILES string of the molecule is COc1ccc(-c2csc(Nc3cccc(C(F)(F)F)c3)n2)cc1OC.[Br-]. The Morgan fingerprint density at radius 2 is 1.74 bits per heavy atom. The molecule has 3 aromatic rings. The number of alkyl halides is 3. The number of halogens is 4. The first-order chi connectivity index (χ1) is 12.4. The van der Waals surface area contributed by atoms with Crippen molar-refractivity contribution >= 4 is 22.2 Å². The molecule has 0 bridgehead atoms. The van der Waals surface area contributed by atoms with Gasteiger partial charge in [0.1, 0.15) is 0 Å². The number of thiazole rings is 1. The van der Waals surface area contributed by atoms with Crippen LogP contribution < -0.4 is 31.8 Å². The van der Waals surface area contributed by atoms with E-state index in [1.54, 1.807) is 32.4 Å². The van der Waals surface area contributed by atoms with Crippen LogP contribution in [-0.4, -0.2) is 19.2 Å². The molecule has 0 aliphatic carbocycles. The lowest BCUT2D eigenvalue weighted by Crippen LogP contribution is -3.00. The minimum atomic E-state index is -4.38. The highest BCUT2D eigenvalue weighted by Crippen LogP contribution is 2.35. The number of hydrogen-bond acceptors (Lipinski definition) is 5. The van der Waals surface area contributed by atoms with Gasteiger partial charge in [0.05, 0.1) is 25.5 Å². The highest BCUT2D eigenvalue weighted by Gasteiger charge is 2.30. The number of methoxy groups -OCH3 is 2. The Labute approximate surface area is 168 Å². The molecule has 3 rings (SSSR count). The molecule has 0 spiro atoms. The van der Waals surface area contributed by atoms with Crippen molar-refractivity contribution in [2.45, 2.75) is 6.18 Å². The van der Waals surface area contributed by atoms with Gasteiger partial charge in [-0.15, -0.1) is 11.3 Å². The molecule has 0 amide bonds. The van der Waals surface area contributed by atoms with Crippen LogP contribution in [-0.2, 0) is 6.18 Å². The van der Waals surface area contributed by atoms with Crippen LogP contribution in [0, 0.1) is 0 Å². The van der Waals surface area contributed by atoms with Crippen molar-refractivity contribution in [1.82, 2.24) is 4.98 Å². The van der Waals surface area contributed by atoms with Crippen molar-refractivity contribution in [3.8, 4) is 22.8 Å². The second-order valence-electron chi connectivity index (χ2n) is 5.31. The molecule has 144 valence electrons. The number of rotatable bonds is 5. The van der Waals surface area contributed by atoms with Gasteiger partial charge in [0.2, 0.25) is 0 Å². The average Bonchev–Trinajstić information content (AvgIpc) is 3.09. The molecular weight excluding hydrogens is 445 g/mol. The maximum atomic E-state index is 12.8. The molecule has 0 saturated heterocycles. The maximum Gasteiger partial charge on any atom is 0.416 e. The lowest BCUT2D eigenvalue weighted by Gasteiger charge is -2.09. The van der Waals surface area contributed by atoms with E-state index in [9.17, 15) is 13.2 Å². The minimum Gasteiger partial charge on any atom is -1.00 e. The van der Waals surface area contributed by atoms with Crippen LogP contribution in [0.4, 0.5) is 24.0 Å². The lowest BCUT2D eigenvalue weighted by atomic mass is 10.1. The summed E-state index contributed by atoms with van der Waals surface area (Å²) in [7, 11) is 3.10. The van der Waals surface area contributed by atoms with Crippen LogP contribution in [0.25, 0.3) is 11.3 Å². The van der Waals surface area contributed by atoms with E-state index in [2.05, 4.69) is 10.3 Å². The maximum absolute atomic E-state index is 12.8. The van der Waals surface area contributed by atoms with E-state index >= 15 is 0 Å². The number of anilines is 2. The summed E-state index contributed by atoms with van der Waals surface area (Å²) >= 11 is 1.30. The van der Waals surface area contributed by atoms with Gasteiger partial charge in [0, 0.05) is 16.6 Å². The van der Waals surface area contributed by atoms with Crippen molar-refractivity contribution in [2.75, 3.05) is 19.5 Å². The van der Waals surface area contributed by atoms with E-state index < -0.39 is 11.7 Å². The standard InChI is InChI=1S/C18H15F3N2O2S.BrH/c1-24-15-7-6-11(8-16(15)25-2)14-10-26-17(23-14)22-13-5-3-4-12(9-13)18(19,20)21;/h3-10H,1-2H3,(H,22,23);1H/p-1. The molecule has 1 aromatic heterocycles. The molecule has 2 aromatic carbocycles. The van der Waals surface area contributed by atoms with Crippen LogP contribution in [0.2, 0.25) is 0 Å². The second kappa shape index (κ2) is 8.62. The first-order valence-corrected chi connectivity index (χ1v) is 8.41. The Morgan fingerprint density at radius 3 is 2.41 bits per heavy atom. The summed E-state index contributed by atoms with van der Waals surface area (Å²) in [6, 6.07) is 10.4. The second-order valence-corrected chi connectivity index (χ2v) is 6.17. The molecule has 0 radical (unpaired) electrons. The largest absolute Gasteiger partial charge is 1.00 e. The van der Waals surface area contributed by atoms with Gasteiger partial charge in [-0.3, -0.25) is 0 Å². The monoisotopic (exact) mass is 459 g/mol. The molecule has 1 heterocycles. The lowest BCUT2D eigenvalue weighted by molar-refractivity contribution is -0.137. The van der Waals surface area contributed by atoms with E-state index in [1.807, 2.05) is 11.4 Å². The third-order valence-electron chi connectivity index (χ3n) is 3.62. The van der Waals surface area contributed by atoms with Gasteiger partial charge in [-0.1, -0.05) is 6.07 Å². The smallest absolute Gasteiger partial charge is 0.416 e. The van der Waals surface area contributed by atoms with Crippen molar-refractivity contribution in [1.29, 1.82) is 0 Å². The van der Waals surface area contributed by atoms with Crippen LogP contribution in [0.15, 0.2) is 47.8 Å². The molecule has 1 N–H and O–H groups in total. The van der Waals surface area contributed by atoms with Crippen LogP contribution in [0.3, 0.4) is 0 Å². The number of aromatic nitrogens is 1. The fourth-order valence-electron chi connectivity index (χ4n) is 2.36. The zero-order valence-electron chi connectivity index (χ0n) is 14.3. The van der Waals surface area contributed by atoms with Gasteiger partial charge in [0.15, 0.2) is 16.6 Å². The third kappa shape index (κ3) is 4.92. The van der Waals surface area contributed by atoms with Crippen LogP contribution >= 0.6 is 11.3 Å². The number of hydrogen-bond donors (Lipinski definition) is 1. The Kier molecular flexibility index (Phi) is 6.72. The van der Waals surface area contributed by atoms with Gasteiger partial charge >= 0.3 is 6.18 Å². The minimum absolute atomic E-state index is 0. The van der Waals surface area contributed by atoms with E-state index in [1.165, 1.54) is 17.4 Å². The van der Waals surface area contributed by atoms with Crippen molar-refractivity contribution in [3.05, 3.63) is 53.4 Å². The summed E-state index contributed by atoms with van der Waals surface area (Å²) < 4.78 is 48.9. The van der Waals surface area contributed by atoms with Gasteiger partial charge in [-0.2, -0.15) is 13.2 Å². The molecular formula is C18H15BrF3N2O2S-. The number of ether oxygens (including phenoxy) is 2. The Hall–Kier alpha value is -2.26. The molecule has 0 aliphatic rings. The van der Waals surface area contributed by atoms with Crippen molar-refractivity contribution in [3.63, 3.8) is 0 Å². The zero-order valence-corrected chi connectivity index (χ0v) is 16.7. The van der Waals surface area contributed by atoms with Gasteiger partial charge in [0.25, 0.3) is 0 Å². The first-order valence-electron chi connectivity index (χ1n) is 7.53.